The minimum absolute atomic E-state index is 0.0302. The lowest BCUT2D eigenvalue weighted by atomic mass is 10.2. The van der Waals surface area contributed by atoms with Gasteiger partial charge in [-0.2, -0.15) is 0 Å². The molecule has 102 valence electrons. The van der Waals surface area contributed by atoms with Crippen molar-refractivity contribution in [2.24, 2.45) is 0 Å². The predicted molar refractivity (Wildman–Crippen MR) is 64.4 cm³/mol. The van der Waals surface area contributed by atoms with Gasteiger partial charge in [-0.3, -0.25) is 4.79 Å². The zero-order valence-corrected chi connectivity index (χ0v) is 11.1. The van der Waals surface area contributed by atoms with E-state index in [4.69, 9.17) is 9.84 Å². The molecule has 0 aliphatic carbocycles. The van der Waals surface area contributed by atoms with Gasteiger partial charge in [-0.1, -0.05) is 13.3 Å². The van der Waals surface area contributed by atoms with Crippen molar-refractivity contribution in [2.75, 3.05) is 19.5 Å². The summed E-state index contributed by atoms with van der Waals surface area (Å²) in [5, 5.41) is 8.89. The molecule has 0 amide bonds. The van der Waals surface area contributed by atoms with Crippen molar-refractivity contribution in [3.63, 3.8) is 0 Å². The van der Waals surface area contributed by atoms with E-state index in [1.165, 1.54) is 7.11 Å². The lowest BCUT2D eigenvalue weighted by Crippen LogP contribution is -2.41. The minimum Gasteiger partial charge on any atom is -0.480 e. The van der Waals surface area contributed by atoms with Crippen molar-refractivity contribution in [1.29, 1.82) is 0 Å². The number of sulfonamides is 1. The van der Waals surface area contributed by atoms with Crippen LogP contribution in [0.1, 0.15) is 32.6 Å². The van der Waals surface area contributed by atoms with Crippen LogP contribution < -0.4 is 4.72 Å². The lowest BCUT2D eigenvalue weighted by Gasteiger charge is -2.14. The number of nitrogens with one attached hydrogen (secondary N) is 1. The van der Waals surface area contributed by atoms with Gasteiger partial charge >= 0.3 is 5.97 Å². The standard InChI is InChI=1S/C10H21NO5S/c1-3-4-8-17(14,15)11-9(10(12)13)6-5-7-16-2/h9,11H,3-8H2,1-2H3,(H,12,13). The van der Waals surface area contributed by atoms with Crippen LogP contribution in [-0.4, -0.2) is 45.0 Å². The molecule has 6 nitrogen and oxygen atoms in total. The average Bonchev–Trinajstić information content (AvgIpc) is 2.25. The molecule has 0 heterocycles. The van der Waals surface area contributed by atoms with E-state index in [2.05, 4.69) is 4.72 Å². The Labute approximate surface area is 102 Å². The van der Waals surface area contributed by atoms with Gasteiger partial charge in [0.1, 0.15) is 6.04 Å². The summed E-state index contributed by atoms with van der Waals surface area (Å²) in [6, 6.07) is -1.06. The molecule has 0 rings (SSSR count). The second-order valence-corrected chi connectivity index (χ2v) is 5.69. The van der Waals surface area contributed by atoms with E-state index >= 15 is 0 Å². The molecular weight excluding hydrogens is 246 g/mol. The summed E-state index contributed by atoms with van der Waals surface area (Å²) in [6.45, 7) is 2.29. The summed E-state index contributed by atoms with van der Waals surface area (Å²) in [5.74, 6) is -1.18. The van der Waals surface area contributed by atoms with E-state index in [1.807, 2.05) is 6.92 Å². The van der Waals surface area contributed by atoms with Crippen LogP contribution in [0.3, 0.4) is 0 Å². The van der Waals surface area contributed by atoms with Crippen molar-refractivity contribution < 1.29 is 23.1 Å². The topological polar surface area (TPSA) is 92.7 Å². The molecule has 0 aliphatic heterocycles. The number of carbonyl (C=O) groups is 1. The van der Waals surface area contributed by atoms with Gasteiger partial charge < -0.3 is 9.84 Å². The number of carboxylic acid groups (broad SMARTS) is 1. The molecular formula is C10H21NO5S. The van der Waals surface area contributed by atoms with Crippen molar-refractivity contribution in [3.05, 3.63) is 0 Å². The van der Waals surface area contributed by atoms with Crippen molar-refractivity contribution in [2.45, 2.75) is 38.6 Å². The third-order valence-corrected chi connectivity index (χ3v) is 3.70. The Morgan fingerprint density at radius 2 is 2.06 bits per heavy atom. The number of rotatable bonds is 10. The Balaban J connectivity index is 4.28. The van der Waals surface area contributed by atoms with Crippen LogP contribution in [0.15, 0.2) is 0 Å². The Bertz CT molecular complexity index is 315. The van der Waals surface area contributed by atoms with Crippen LogP contribution in [0.5, 0.6) is 0 Å². The highest BCUT2D eigenvalue weighted by atomic mass is 32.2. The fourth-order valence-corrected chi connectivity index (χ4v) is 2.71. The van der Waals surface area contributed by atoms with Gasteiger partial charge in [-0.15, -0.1) is 0 Å². The molecule has 0 spiro atoms. The maximum absolute atomic E-state index is 11.5. The van der Waals surface area contributed by atoms with Gasteiger partial charge in [0.2, 0.25) is 10.0 Å². The van der Waals surface area contributed by atoms with E-state index in [0.29, 0.717) is 19.4 Å². The first-order chi connectivity index (χ1) is 7.93. The van der Waals surface area contributed by atoms with E-state index in [9.17, 15) is 13.2 Å². The summed E-state index contributed by atoms with van der Waals surface area (Å²) in [7, 11) is -1.98. The third-order valence-electron chi connectivity index (χ3n) is 2.23. The molecule has 0 fully saturated rings. The Morgan fingerprint density at radius 1 is 1.41 bits per heavy atom. The van der Waals surface area contributed by atoms with Gasteiger partial charge in [-0.05, 0) is 19.3 Å². The smallest absolute Gasteiger partial charge is 0.321 e. The van der Waals surface area contributed by atoms with Crippen LogP contribution >= 0.6 is 0 Å². The molecule has 7 heteroatoms. The molecule has 1 atom stereocenters. The molecule has 0 aromatic rings. The van der Waals surface area contributed by atoms with E-state index < -0.39 is 22.0 Å². The summed E-state index contributed by atoms with van der Waals surface area (Å²) in [6.07, 6.45) is 2.01. The Kier molecular flexibility index (Phi) is 8.11. The first kappa shape index (κ1) is 16.3. The SMILES string of the molecule is CCCCS(=O)(=O)NC(CCCOC)C(=O)O. The molecule has 2 N–H and O–H groups in total. The zero-order chi connectivity index (χ0) is 13.3. The summed E-state index contributed by atoms with van der Waals surface area (Å²) < 4.78 is 30.1. The van der Waals surface area contributed by atoms with E-state index in [0.717, 1.165) is 6.42 Å². The minimum atomic E-state index is -3.50. The maximum atomic E-state index is 11.5. The third kappa shape index (κ3) is 8.12. The van der Waals surface area contributed by atoms with Crippen LogP contribution in [0, 0.1) is 0 Å². The van der Waals surface area contributed by atoms with Crippen molar-refractivity contribution in [3.8, 4) is 0 Å². The molecule has 0 aliphatic rings. The molecule has 0 saturated carbocycles. The highest BCUT2D eigenvalue weighted by Crippen LogP contribution is 2.02. The highest BCUT2D eigenvalue weighted by Gasteiger charge is 2.22. The summed E-state index contributed by atoms with van der Waals surface area (Å²) in [4.78, 5) is 10.9. The average molecular weight is 267 g/mol. The predicted octanol–water partition coefficient (Wildman–Crippen LogP) is 0.586. The zero-order valence-electron chi connectivity index (χ0n) is 10.3. The second kappa shape index (κ2) is 8.43. The van der Waals surface area contributed by atoms with Crippen LogP contribution in [-0.2, 0) is 19.6 Å². The molecule has 0 bridgehead atoms. The molecule has 17 heavy (non-hydrogen) atoms. The summed E-state index contributed by atoms with van der Waals surface area (Å²) >= 11 is 0. The molecule has 0 aromatic carbocycles. The van der Waals surface area contributed by atoms with E-state index in [1.54, 1.807) is 0 Å². The molecule has 0 aromatic heterocycles. The first-order valence-corrected chi connectivity index (χ1v) is 7.30. The normalized spacial score (nSPS) is 13.5. The van der Waals surface area contributed by atoms with E-state index in [-0.39, 0.29) is 12.2 Å². The summed E-state index contributed by atoms with van der Waals surface area (Å²) in [5.41, 5.74) is 0. The number of unbranched alkanes of at least 4 members (excludes halogenated alkanes) is 1. The van der Waals surface area contributed by atoms with Gasteiger partial charge in [-0.25, -0.2) is 13.1 Å². The van der Waals surface area contributed by atoms with Crippen molar-refractivity contribution in [1.82, 2.24) is 4.72 Å². The molecule has 0 radical (unpaired) electrons. The number of carboxylic acids is 1. The Morgan fingerprint density at radius 3 is 2.53 bits per heavy atom. The fraction of sp³-hybridized carbons (Fsp3) is 0.900. The monoisotopic (exact) mass is 267 g/mol. The first-order valence-electron chi connectivity index (χ1n) is 5.64. The highest BCUT2D eigenvalue weighted by molar-refractivity contribution is 7.89. The number of aliphatic carboxylic acids is 1. The van der Waals surface area contributed by atoms with Crippen molar-refractivity contribution >= 4 is 16.0 Å². The van der Waals surface area contributed by atoms with Gasteiger partial charge in [0.25, 0.3) is 0 Å². The molecule has 1 unspecified atom stereocenters. The lowest BCUT2D eigenvalue weighted by molar-refractivity contribution is -0.139. The van der Waals surface area contributed by atoms with Gasteiger partial charge in [0, 0.05) is 13.7 Å². The second-order valence-electron chi connectivity index (χ2n) is 3.82. The number of hydrogen-bond donors (Lipinski definition) is 2. The molecule has 0 saturated heterocycles. The van der Waals surface area contributed by atoms with Gasteiger partial charge in [0.15, 0.2) is 0 Å². The number of hydrogen-bond acceptors (Lipinski definition) is 4. The van der Waals surface area contributed by atoms with Gasteiger partial charge in [0.05, 0.1) is 5.75 Å². The van der Waals surface area contributed by atoms with Crippen LogP contribution in [0.4, 0.5) is 0 Å². The maximum Gasteiger partial charge on any atom is 0.321 e. The van der Waals surface area contributed by atoms with Crippen LogP contribution in [0.2, 0.25) is 0 Å². The largest absolute Gasteiger partial charge is 0.480 e. The van der Waals surface area contributed by atoms with Crippen LogP contribution in [0.25, 0.3) is 0 Å². The fourth-order valence-electron chi connectivity index (χ4n) is 1.27. The number of ether oxygens (including phenoxy) is 1. The quantitative estimate of drug-likeness (QED) is 0.565. The Hall–Kier alpha value is -0.660. The number of methoxy groups -OCH3 is 1.